The number of hydrogen-bond donors (Lipinski definition) is 1. The van der Waals surface area contributed by atoms with Gasteiger partial charge >= 0.3 is 5.97 Å². The topological polar surface area (TPSA) is 106 Å². The number of rotatable bonds is 6. The third-order valence-corrected chi connectivity index (χ3v) is 6.94. The minimum atomic E-state index is -0.733. The molecule has 178 valence electrons. The van der Waals surface area contributed by atoms with Gasteiger partial charge in [-0.1, -0.05) is 24.3 Å². The van der Waals surface area contributed by atoms with Crippen LogP contribution in [0.15, 0.2) is 41.8 Å². The van der Waals surface area contributed by atoms with Crippen LogP contribution in [0.1, 0.15) is 45.8 Å². The predicted molar refractivity (Wildman–Crippen MR) is 132 cm³/mol. The summed E-state index contributed by atoms with van der Waals surface area (Å²) in [5.74, 6) is -2.07. The average molecular weight is 490 g/mol. The zero-order chi connectivity index (χ0) is 24.4. The number of nitrogens with one attached hydrogen (secondary N) is 1. The minimum Gasteiger partial charge on any atom is -0.452 e. The van der Waals surface area contributed by atoms with Crippen LogP contribution in [0.25, 0.3) is 22.6 Å². The van der Waals surface area contributed by atoms with Crippen molar-refractivity contribution in [3.8, 4) is 0 Å². The van der Waals surface area contributed by atoms with Crippen molar-refractivity contribution in [3.63, 3.8) is 0 Å². The third kappa shape index (κ3) is 4.85. The van der Waals surface area contributed by atoms with Crippen molar-refractivity contribution in [2.24, 2.45) is 0 Å². The van der Waals surface area contributed by atoms with Gasteiger partial charge in [0.1, 0.15) is 0 Å². The van der Waals surface area contributed by atoms with Gasteiger partial charge in [-0.3, -0.25) is 19.7 Å². The number of carbonyl (C=O) groups is 4. The number of para-hydroxylation sites is 1. The molecule has 3 amide bonds. The molecule has 8 nitrogen and oxygen atoms in total. The lowest BCUT2D eigenvalue weighted by Crippen LogP contribution is -2.42. The average Bonchev–Trinajstić information content (AvgIpc) is 3.59. The number of allylic oxidation sites excluding steroid dienone is 1. The van der Waals surface area contributed by atoms with E-state index in [1.807, 2.05) is 41.8 Å². The molecular weight excluding hydrogens is 466 g/mol. The Bertz CT molecular complexity index is 1360. The van der Waals surface area contributed by atoms with Gasteiger partial charge in [-0.25, -0.2) is 9.78 Å². The fourth-order valence-corrected chi connectivity index (χ4v) is 5.22. The second-order valence-corrected chi connectivity index (χ2v) is 9.46. The van der Waals surface area contributed by atoms with Crippen LogP contribution in [-0.4, -0.2) is 53.3 Å². The van der Waals surface area contributed by atoms with Crippen molar-refractivity contribution in [3.05, 3.63) is 63.5 Å². The highest BCUT2D eigenvalue weighted by atomic mass is 32.1. The number of carbonyl (C=O) groups excluding carboxylic acids is 4. The van der Waals surface area contributed by atoms with E-state index in [0.29, 0.717) is 42.3 Å². The zero-order valence-corrected chi connectivity index (χ0v) is 19.7. The molecule has 1 aliphatic heterocycles. The highest BCUT2D eigenvalue weighted by Gasteiger charge is 2.28. The Hall–Kier alpha value is -3.85. The summed E-state index contributed by atoms with van der Waals surface area (Å²) in [6.45, 7) is -0.277. The van der Waals surface area contributed by atoms with E-state index in [0.717, 1.165) is 28.1 Å². The number of imide groups is 1. The monoisotopic (exact) mass is 489 g/mol. The molecule has 0 atom stereocenters. The molecule has 0 saturated carbocycles. The van der Waals surface area contributed by atoms with E-state index in [2.05, 4.69) is 11.4 Å². The van der Waals surface area contributed by atoms with Crippen molar-refractivity contribution in [2.75, 3.05) is 19.7 Å². The van der Waals surface area contributed by atoms with Gasteiger partial charge in [-0.2, -0.15) is 0 Å². The van der Waals surface area contributed by atoms with Crippen molar-refractivity contribution in [1.82, 2.24) is 15.2 Å². The second-order valence-electron chi connectivity index (χ2n) is 8.48. The van der Waals surface area contributed by atoms with Crippen molar-refractivity contribution >= 4 is 57.6 Å². The third-order valence-electron chi connectivity index (χ3n) is 6.12. The number of pyridine rings is 1. The molecule has 0 bridgehead atoms. The lowest BCUT2D eigenvalue weighted by molar-refractivity contribution is -0.137. The van der Waals surface area contributed by atoms with E-state index < -0.39 is 24.4 Å². The number of thiophene rings is 1. The number of fused-ring (bicyclic) bond motifs is 2. The second kappa shape index (κ2) is 9.79. The quantitative estimate of drug-likeness (QED) is 0.533. The Balaban J connectivity index is 1.33. The summed E-state index contributed by atoms with van der Waals surface area (Å²) in [6.07, 6.45) is 4.60. The first-order valence-corrected chi connectivity index (χ1v) is 12.3. The molecule has 2 aliphatic rings. The van der Waals surface area contributed by atoms with Crippen LogP contribution in [0.2, 0.25) is 0 Å². The summed E-state index contributed by atoms with van der Waals surface area (Å²) in [4.78, 5) is 56.5. The smallest absolute Gasteiger partial charge is 0.339 e. The summed E-state index contributed by atoms with van der Waals surface area (Å²) < 4.78 is 5.33. The molecule has 0 spiro atoms. The maximum Gasteiger partial charge on any atom is 0.339 e. The van der Waals surface area contributed by atoms with Gasteiger partial charge in [-0.15, -0.1) is 11.3 Å². The maximum absolute atomic E-state index is 13.2. The summed E-state index contributed by atoms with van der Waals surface area (Å²) in [5, 5.41) is 4.86. The van der Waals surface area contributed by atoms with E-state index in [4.69, 9.17) is 9.72 Å². The molecule has 2 aromatic heterocycles. The molecule has 1 aromatic carbocycles. The molecule has 1 aliphatic carbocycles. The van der Waals surface area contributed by atoms with E-state index in [-0.39, 0.29) is 12.5 Å². The lowest BCUT2D eigenvalue weighted by Gasteiger charge is -2.15. The largest absolute Gasteiger partial charge is 0.452 e. The van der Waals surface area contributed by atoms with E-state index in [1.165, 1.54) is 4.90 Å². The molecule has 35 heavy (non-hydrogen) atoms. The van der Waals surface area contributed by atoms with Gasteiger partial charge < -0.3 is 9.64 Å². The summed E-state index contributed by atoms with van der Waals surface area (Å²) >= 11 is 1.64. The number of amides is 3. The molecule has 1 fully saturated rings. The van der Waals surface area contributed by atoms with Gasteiger partial charge in [0.15, 0.2) is 6.61 Å². The van der Waals surface area contributed by atoms with Gasteiger partial charge in [-0.05, 0) is 54.0 Å². The van der Waals surface area contributed by atoms with Crippen molar-refractivity contribution in [1.29, 1.82) is 0 Å². The number of ether oxygens (including phenoxy) is 1. The Labute approximate surface area is 205 Å². The summed E-state index contributed by atoms with van der Waals surface area (Å²) in [6, 6.07) is 11.4. The highest BCUT2D eigenvalue weighted by Crippen LogP contribution is 2.38. The molecule has 3 heterocycles. The molecule has 0 radical (unpaired) electrons. The molecule has 1 N–H and O–H groups in total. The first kappa shape index (κ1) is 22.9. The van der Waals surface area contributed by atoms with Gasteiger partial charge in [0.05, 0.1) is 23.3 Å². The number of esters is 1. The molecule has 1 saturated heterocycles. The number of likely N-dealkylation sites (tertiary alicyclic amines) is 1. The van der Waals surface area contributed by atoms with Crippen LogP contribution in [0.4, 0.5) is 0 Å². The van der Waals surface area contributed by atoms with E-state index >= 15 is 0 Å². The van der Waals surface area contributed by atoms with E-state index in [1.54, 1.807) is 11.3 Å². The van der Waals surface area contributed by atoms with Crippen LogP contribution in [0.5, 0.6) is 0 Å². The predicted octanol–water partition coefficient (Wildman–Crippen LogP) is 3.21. The van der Waals surface area contributed by atoms with E-state index in [9.17, 15) is 19.2 Å². The van der Waals surface area contributed by atoms with Crippen LogP contribution in [-0.2, 0) is 25.5 Å². The number of nitrogens with zero attached hydrogens (tertiary/aromatic N) is 2. The molecule has 5 rings (SSSR count). The summed E-state index contributed by atoms with van der Waals surface area (Å²) in [5.41, 5.74) is 3.72. The Morgan fingerprint density at radius 3 is 2.71 bits per heavy atom. The highest BCUT2D eigenvalue weighted by molar-refractivity contribution is 7.10. The van der Waals surface area contributed by atoms with Gasteiger partial charge in [0, 0.05) is 23.2 Å². The van der Waals surface area contributed by atoms with Crippen molar-refractivity contribution < 1.29 is 23.9 Å². The maximum atomic E-state index is 13.2. The van der Waals surface area contributed by atoms with Crippen LogP contribution in [0, 0.1) is 0 Å². The van der Waals surface area contributed by atoms with Crippen LogP contribution < -0.4 is 5.32 Å². The molecule has 3 aromatic rings. The Kier molecular flexibility index (Phi) is 6.41. The fraction of sp³-hybridized carbons (Fsp3) is 0.269. The van der Waals surface area contributed by atoms with Gasteiger partial charge in [0.25, 0.3) is 5.91 Å². The van der Waals surface area contributed by atoms with Gasteiger partial charge in [0.2, 0.25) is 11.8 Å². The molecular formula is C26H23N3O5S. The number of benzene rings is 1. The molecule has 9 heteroatoms. The van der Waals surface area contributed by atoms with Crippen molar-refractivity contribution in [2.45, 2.75) is 25.7 Å². The first-order valence-electron chi connectivity index (χ1n) is 11.4. The SMILES string of the molecule is O=C(COC(=O)c1c2c(nc3ccccc13)/C(=C/c1cccs1)CC2)NC(=O)CN1CCCC1=O. The first-order chi connectivity index (χ1) is 17.0. The minimum absolute atomic E-state index is 0.107. The molecule has 0 unspecified atom stereocenters. The zero-order valence-electron chi connectivity index (χ0n) is 18.9. The number of hydrogen-bond acceptors (Lipinski definition) is 7. The fourth-order valence-electron chi connectivity index (χ4n) is 4.54. The van der Waals surface area contributed by atoms with Crippen LogP contribution >= 0.6 is 11.3 Å². The Morgan fingerprint density at radius 2 is 1.94 bits per heavy atom. The van der Waals surface area contributed by atoms with Crippen LogP contribution in [0.3, 0.4) is 0 Å². The Morgan fingerprint density at radius 1 is 1.09 bits per heavy atom. The standard InChI is InChI=1S/C26H23N3O5S/c30-21(14-29-11-3-8-23(29)32)28-22(31)15-34-26(33)24-18-6-1-2-7-20(18)27-25-16(9-10-19(24)25)13-17-5-4-12-35-17/h1-2,4-7,12-13H,3,8-11,14-15H2,(H,28,30,31)/b16-13+. The normalized spacial score (nSPS) is 16.1. The number of aromatic nitrogens is 1. The lowest BCUT2D eigenvalue weighted by atomic mass is 10.0. The summed E-state index contributed by atoms with van der Waals surface area (Å²) in [7, 11) is 0.